The zero-order chi connectivity index (χ0) is 29.2. The Morgan fingerprint density at radius 1 is 1.14 bits per heavy atom. The molecular formula is C30H31ClFN5O3S2. The minimum atomic E-state index is -3.69. The van der Waals surface area contributed by atoms with Crippen LogP contribution in [0, 0.1) is 17.7 Å². The first kappa shape index (κ1) is 28.1. The van der Waals surface area contributed by atoms with Crippen LogP contribution >= 0.6 is 22.9 Å². The Labute approximate surface area is 253 Å². The van der Waals surface area contributed by atoms with Crippen LogP contribution in [0.15, 0.2) is 70.4 Å². The van der Waals surface area contributed by atoms with Crippen LogP contribution in [0.5, 0.6) is 0 Å². The molecule has 3 aromatic rings. The van der Waals surface area contributed by atoms with Gasteiger partial charge in [0.05, 0.1) is 10.9 Å². The fraction of sp³-hybridized carbons (Fsp3) is 0.433. The van der Waals surface area contributed by atoms with E-state index in [1.54, 1.807) is 18.5 Å². The maximum absolute atomic E-state index is 14.0. The zero-order valence-corrected chi connectivity index (χ0v) is 25.3. The molecule has 42 heavy (non-hydrogen) atoms. The number of benzene rings is 1. The van der Waals surface area contributed by atoms with E-state index in [0.717, 1.165) is 29.1 Å². The molecule has 2 aromatic heterocycles. The Kier molecular flexibility index (Phi) is 7.01. The lowest BCUT2D eigenvalue weighted by Gasteiger charge is -2.40. The van der Waals surface area contributed by atoms with Crippen molar-refractivity contribution in [3.05, 3.63) is 92.5 Å². The monoisotopic (exact) mass is 627 g/mol. The van der Waals surface area contributed by atoms with Gasteiger partial charge in [-0.3, -0.25) is 9.98 Å². The summed E-state index contributed by atoms with van der Waals surface area (Å²) in [6.45, 7) is 2.40. The molecule has 2 N–H and O–H groups in total. The molecule has 3 unspecified atom stereocenters. The number of aliphatic imine (C=N–C) groups is 1. The highest BCUT2D eigenvalue weighted by molar-refractivity contribution is 7.90. The molecule has 2 bridgehead atoms. The van der Waals surface area contributed by atoms with E-state index in [2.05, 4.69) is 19.6 Å². The second kappa shape index (κ2) is 10.5. The van der Waals surface area contributed by atoms with E-state index < -0.39 is 32.7 Å². The van der Waals surface area contributed by atoms with Gasteiger partial charge in [-0.25, -0.2) is 22.5 Å². The lowest BCUT2D eigenvalue weighted by atomic mass is 9.75. The van der Waals surface area contributed by atoms with Gasteiger partial charge in [0.2, 0.25) is 10.0 Å². The van der Waals surface area contributed by atoms with Gasteiger partial charge in [-0.05, 0) is 79.8 Å². The first-order valence-corrected chi connectivity index (χ1v) is 17.0. The molecule has 0 amide bonds. The van der Waals surface area contributed by atoms with Crippen LogP contribution in [0.25, 0.3) is 0 Å². The van der Waals surface area contributed by atoms with Gasteiger partial charge < -0.3 is 10.0 Å². The van der Waals surface area contributed by atoms with Crippen LogP contribution in [0.3, 0.4) is 0 Å². The second-order valence-electron chi connectivity index (χ2n) is 11.9. The quantitative estimate of drug-likeness (QED) is 0.390. The van der Waals surface area contributed by atoms with Crippen molar-refractivity contribution in [2.75, 3.05) is 6.54 Å². The van der Waals surface area contributed by atoms with Crippen LogP contribution < -0.4 is 4.72 Å². The Bertz CT molecular complexity index is 1670. The van der Waals surface area contributed by atoms with Crippen molar-refractivity contribution in [3.8, 4) is 0 Å². The van der Waals surface area contributed by atoms with Gasteiger partial charge in [-0.1, -0.05) is 23.7 Å². The average molecular weight is 628 g/mol. The van der Waals surface area contributed by atoms with E-state index >= 15 is 0 Å². The molecule has 4 heterocycles. The van der Waals surface area contributed by atoms with Gasteiger partial charge in [0.15, 0.2) is 10.8 Å². The average Bonchev–Trinajstić information content (AvgIpc) is 3.69. The molecule has 2 aliphatic carbocycles. The molecule has 0 radical (unpaired) electrons. The predicted octanol–water partition coefficient (Wildman–Crippen LogP) is 5.18. The number of fused-ring (bicyclic) bond motifs is 3. The summed E-state index contributed by atoms with van der Waals surface area (Å²) in [4.78, 5) is 16.0. The van der Waals surface area contributed by atoms with E-state index in [1.165, 1.54) is 23.5 Å². The maximum Gasteiger partial charge on any atom is 0.215 e. The summed E-state index contributed by atoms with van der Waals surface area (Å²) < 4.78 is 44.9. The third kappa shape index (κ3) is 4.79. The lowest BCUT2D eigenvalue weighted by molar-refractivity contribution is -0.0278. The Morgan fingerprint density at radius 2 is 1.93 bits per heavy atom. The van der Waals surface area contributed by atoms with E-state index in [1.807, 2.05) is 30.5 Å². The number of nitrogens with one attached hydrogen (secondary N) is 1. The lowest BCUT2D eigenvalue weighted by Crippen LogP contribution is -2.51. The molecule has 220 valence electrons. The summed E-state index contributed by atoms with van der Waals surface area (Å²) in [6, 6.07) is 9.03. The predicted molar refractivity (Wildman–Crippen MR) is 160 cm³/mol. The minimum absolute atomic E-state index is 0.143. The number of aliphatic hydroxyl groups is 1. The van der Waals surface area contributed by atoms with Gasteiger partial charge in [0, 0.05) is 47.5 Å². The summed E-state index contributed by atoms with van der Waals surface area (Å²) >= 11 is 7.93. The van der Waals surface area contributed by atoms with Gasteiger partial charge in [-0.15, -0.1) is 11.3 Å². The molecule has 0 spiro atoms. The number of pyridine rings is 1. The molecule has 3 fully saturated rings. The van der Waals surface area contributed by atoms with E-state index in [4.69, 9.17) is 16.6 Å². The number of sulfonamides is 1. The van der Waals surface area contributed by atoms with Gasteiger partial charge in [0.1, 0.15) is 17.5 Å². The van der Waals surface area contributed by atoms with Gasteiger partial charge in [-0.2, -0.15) is 0 Å². The molecular weight excluding hydrogens is 597 g/mol. The van der Waals surface area contributed by atoms with Crippen LogP contribution in [-0.4, -0.2) is 52.1 Å². The summed E-state index contributed by atoms with van der Waals surface area (Å²) in [5, 5.41) is 13.8. The molecule has 2 aliphatic heterocycles. The van der Waals surface area contributed by atoms with Crippen molar-refractivity contribution in [3.63, 3.8) is 0 Å². The first-order valence-electron chi connectivity index (χ1n) is 14.2. The largest absolute Gasteiger partial charge is 0.384 e. The van der Waals surface area contributed by atoms with Crippen LogP contribution in [-0.2, 0) is 15.6 Å². The van der Waals surface area contributed by atoms with Crippen molar-refractivity contribution in [2.45, 2.75) is 62.0 Å². The summed E-state index contributed by atoms with van der Waals surface area (Å²) in [7, 11) is -3.69. The number of nitrogens with zero attached hydrogens (tertiary/aromatic N) is 4. The first-order chi connectivity index (χ1) is 20.1. The number of amidine groups is 1. The maximum atomic E-state index is 14.0. The fourth-order valence-electron chi connectivity index (χ4n) is 7.58. The van der Waals surface area contributed by atoms with E-state index in [9.17, 15) is 17.9 Å². The second-order valence-corrected chi connectivity index (χ2v) is 15.1. The molecule has 12 heteroatoms. The zero-order valence-electron chi connectivity index (χ0n) is 23.0. The smallest absolute Gasteiger partial charge is 0.215 e. The van der Waals surface area contributed by atoms with Crippen LogP contribution in [0.1, 0.15) is 61.3 Å². The third-order valence-electron chi connectivity index (χ3n) is 9.29. The number of aromatic nitrogens is 2. The normalized spacial score (nSPS) is 30.9. The van der Waals surface area contributed by atoms with Gasteiger partial charge >= 0.3 is 0 Å². The molecule has 7 rings (SSSR count). The van der Waals surface area contributed by atoms with Crippen LogP contribution in [0.4, 0.5) is 4.39 Å². The topological polar surface area (TPSA) is 108 Å². The highest BCUT2D eigenvalue weighted by Crippen LogP contribution is 2.52. The number of hydrogen-bond donors (Lipinski definition) is 2. The Morgan fingerprint density at radius 3 is 2.60 bits per heavy atom. The van der Waals surface area contributed by atoms with Gasteiger partial charge in [0.25, 0.3) is 0 Å². The van der Waals surface area contributed by atoms with Crippen molar-refractivity contribution < 1.29 is 17.9 Å². The number of hydrogen-bond acceptors (Lipinski definition) is 8. The minimum Gasteiger partial charge on any atom is -0.384 e. The van der Waals surface area contributed by atoms with Crippen molar-refractivity contribution in [2.24, 2.45) is 16.8 Å². The summed E-state index contributed by atoms with van der Waals surface area (Å²) in [6.07, 6.45) is 6.19. The summed E-state index contributed by atoms with van der Waals surface area (Å²) in [5.41, 5.74) is 2.13. The SMILES string of the molecule is CC1=C2CC(NS(=O)(=O)C3C4CCC3CC(O)(c3ccccn3)C4)CN2C(c2nccs2)=N[C@H]1c1ccc(F)cc1Cl. The molecule has 8 nitrogen and oxygen atoms in total. The fourth-order valence-corrected chi connectivity index (χ4v) is 10.7. The third-order valence-corrected chi connectivity index (χ3v) is 12.5. The molecule has 2 saturated carbocycles. The molecule has 4 atom stereocenters. The van der Waals surface area contributed by atoms with Crippen molar-refractivity contribution in [1.82, 2.24) is 19.6 Å². The number of rotatable bonds is 6. The van der Waals surface area contributed by atoms with Crippen molar-refractivity contribution >= 4 is 38.8 Å². The molecule has 1 saturated heterocycles. The molecule has 1 aromatic carbocycles. The Hall–Kier alpha value is -2.70. The van der Waals surface area contributed by atoms with Crippen molar-refractivity contribution in [1.29, 1.82) is 0 Å². The van der Waals surface area contributed by atoms with E-state index in [-0.39, 0.29) is 17.9 Å². The van der Waals surface area contributed by atoms with Crippen LogP contribution in [0.2, 0.25) is 5.02 Å². The summed E-state index contributed by atoms with van der Waals surface area (Å²) in [5.74, 6) is -0.0387. The number of halogens is 2. The van der Waals surface area contributed by atoms with E-state index in [0.29, 0.717) is 47.9 Å². The highest BCUT2D eigenvalue weighted by atomic mass is 35.5. The molecule has 4 aliphatic rings. The standard InChI is InChI=1S/C30H31ClFN5O3S2/c1-17-24-13-21(16-37(24)28(29-34-10-11-41-29)35-26(17)22-8-7-20(32)12-23(22)31)36-42(39,40)27-18-5-6-19(27)15-30(38,14-18)25-4-2-3-9-33-25/h2-4,7-12,18-19,21,26-27,36,38H,5-6,13-16H2,1H3/t18?,19?,21?,26-,27?,30?/m1/s1. The Balaban J connectivity index is 1.15. The highest BCUT2D eigenvalue weighted by Gasteiger charge is 2.55. The number of thiazole rings is 1.